The van der Waals surface area contributed by atoms with E-state index in [2.05, 4.69) is 10.2 Å². The molecule has 0 unspecified atom stereocenters. The Balaban J connectivity index is 1.83. The van der Waals surface area contributed by atoms with Gasteiger partial charge in [0.2, 0.25) is 5.91 Å². The first-order valence-corrected chi connectivity index (χ1v) is 7.68. The summed E-state index contributed by atoms with van der Waals surface area (Å²) in [6.07, 6.45) is 0.348. The maximum Gasteiger partial charge on any atom is 0.227 e. The molecule has 1 fully saturated rings. The number of rotatable bonds is 3. The highest BCUT2D eigenvalue weighted by molar-refractivity contribution is 6.30. The Morgan fingerprint density at radius 3 is 2.68 bits per heavy atom. The number of aryl methyl sites for hydroxylation is 1. The fourth-order valence-electron chi connectivity index (χ4n) is 2.59. The van der Waals surface area contributed by atoms with Crippen molar-refractivity contribution in [2.45, 2.75) is 13.3 Å². The molecule has 1 saturated heterocycles. The first-order valence-electron chi connectivity index (χ1n) is 7.30. The highest BCUT2D eigenvalue weighted by Gasteiger charge is 2.21. The highest BCUT2D eigenvalue weighted by Crippen LogP contribution is 2.26. The first kappa shape index (κ1) is 15.1. The average Bonchev–Trinajstić information content (AvgIpc) is 2.90. The summed E-state index contributed by atoms with van der Waals surface area (Å²) in [4.78, 5) is 14.3. The van der Waals surface area contributed by atoms with Gasteiger partial charge in [0.25, 0.3) is 0 Å². The second kappa shape index (κ2) is 6.50. The van der Waals surface area contributed by atoms with E-state index in [4.69, 9.17) is 16.3 Å². The summed E-state index contributed by atoms with van der Waals surface area (Å²) in [7, 11) is 0. The normalized spacial score (nSPS) is 15.1. The summed E-state index contributed by atoms with van der Waals surface area (Å²) in [5.74, 6) is 0.114. The van der Waals surface area contributed by atoms with Crippen LogP contribution in [-0.4, -0.2) is 47.3 Å². The minimum Gasteiger partial charge on any atom is -0.378 e. The molecule has 1 aromatic carbocycles. The van der Waals surface area contributed by atoms with E-state index < -0.39 is 0 Å². The van der Waals surface area contributed by atoms with Crippen LogP contribution in [0.3, 0.4) is 0 Å². The van der Waals surface area contributed by atoms with Crippen molar-refractivity contribution in [1.82, 2.24) is 15.1 Å². The maximum atomic E-state index is 12.5. The minimum absolute atomic E-state index is 0.114. The van der Waals surface area contributed by atoms with Crippen molar-refractivity contribution in [3.8, 4) is 11.3 Å². The second-order valence-corrected chi connectivity index (χ2v) is 5.79. The third-order valence-electron chi connectivity index (χ3n) is 3.88. The van der Waals surface area contributed by atoms with Crippen molar-refractivity contribution in [3.63, 3.8) is 0 Å². The van der Waals surface area contributed by atoms with Gasteiger partial charge in [-0.05, 0) is 19.1 Å². The number of aromatic amines is 1. The molecule has 1 aliphatic heterocycles. The van der Waals surface area contributed by atoms with E-state index in [0.29, 0.717) is 37.7 Å². The molecule has 1 amide bonds. The van der Waals surface area contributed by atoms with Crippen molar-refractivity contribution in [2.24, 2.45) is 0 Å². The van der Waals surface area contributed by atoms with Crippen LogP contribution in [0.4, 0.5) is 0 Å². The topological polar surface area (TPSA) is 58.2 Å². The van der Waals surface area contributed by atoms with Crippen LogP contribution in [0, 0.1) is 6.92 Å². The zero-order valence-electron chi connectivity index (χ0n) is 12.4. The zero-order chi connectivity index (χ0) is 15.5. The van der Waals surface area contributed by atoms with Crippen LogP contribution in [0.5, 0.6) is 0 Å². The third-order valence-corrected chi connectivity index (χ3v) is 4.14. The molecule has 1 aliphatic rings. The van der Waals surface area contributed by atoms with E-state index >= 15 is 0 Å². The Morgan fingerprint density at radius 1 is 1.32 bits per heavy atom. The molecule has 2 aromatic rings. The molecular formula is C16H18ClN3O2. The Kier molecular flexibility index (Phi) is 4.45. The van der Waals surface area contributed by atoms with Crippen molar-refractivity contribution in [1.29, 1.82) is 0 Å². The lowest BCUT2D eigenvalue weighted by Crippen LogP contribution is -2.41. The van der Waals surface area contributed by atoms with Crippen LogP contribution in [0.2, 0.25) is 5.02 Å². The maximum absolute atomic E-state index is 12.5. The number of nitrogens with one attached hydrogen (secondary N) is 1. The van der Waals surface area contributed by atoms with Crippen LogP contribution < -0.4 is 0 Å². The summed E-state index contributed by atoms with van der Waals surface area (Å²) in [6, 6.07) is 7.49. The van der Waals surface area contributed by atoms with E-state index in [9.17, 15) is 4.79 Å². The molecule has 1 aromatic heterocycles. The Hall–Kier alpha value is -1.85. The van der Waals surface area contributed by atoms with Gasteiger partial charge in [-0.25, -0.2) is 0 Å². The van der Waals surface area contributed by atoms with Crippen LogP contribution in [0.25, 0.3) is 11.3 Å². The molecule has 3 rings (SSSR count). The van der Waals surface area contributed by atoms with E-state index in [-0.39, 0.29) is 5.91 Å². The smallest absolute Gasteiger partial charge is 0.227 e. The fourth-order valence-corrected chi connectivity index (χ4v) is 2.72. The molecule has 0 atom stereocenters. The molecular weight excluding hydrogens is 302 g/mol. The fraction of sp³-hybridized carbons (Fsp3) is 0.375. The summed E-state index contributed by atoms with van der Waals surface area (Å²) in [5, 5.41) is 8.01. The largest absolute Gasteiger partial charge is 0.378 e. The molecule has 1 N–H and O–H groups in total. The van der Waals surface area contributed by atoms with E-state index in [1.165, 1.54) is 0 Å². The number of hydrogen-bond donors (Lipinski definition) is 1. The first-order chi connectivity index (χ1) is 10.6. The molecule has 0 saturated carbocycles. The molecule has 116 valence electrons. The lowest BCUT2D eigenvalue weighted by Gasteiger charge is -2.27. The quantitative estimate of drug-likeness (QED) is 0.945. The van der Waals surface area contributed by atoms with Crippen LogP contribution in [0.1, 0.15) is 11.3 Å². The lowest BCUT2D eigenvalue weighted by molar-refractivity contribution is -0.134. The van der Waals surface area contributed by atoms with Gasteiger partial charge in [0.15, 0.2) is 0 Å². The molecule has 2 heterocycles. The Labute approximate surface area is 134 Å². The summed E-state index contributed by atoms with van der Waals surface area (Å²) in [5.41, 5.74) is 3.64. The lowest BCUT2D eigenvalue weighted by atomic mass is 10.0. The van der Waals surface area contributed by atoms with Gasteiger partial charge in [0.05, 0.1) is 25.3 Å². The predicted molar refractivity (Wildman–Crippen MR) is 84.9 cm³/mol. The summed E-state index contributed by atoms with van der Waals surface area (Å²) >= 11 is 5.93. The van der Waals surface area contributed by atoms with Gasteiger partial charge < -0.3 is 9.64 Å². The molecule has 5 nitrogen and oxygen atoms in total. The number of morpholine rings is 1. The van der Waals surface area contributed by atoms with Crippen LogP contribution in [-0.2, 0) is 16.0 Å². The van der Waals surface area contributed by atoms with Gasteiger partial charge in [0.1, 0.15) is 0 Å². The number of nitrogens with zero attached hydrogens (tertiary/aromatic N) is 2. The van der Waals surface area contributed by atoms with Gasteiger partial charge in [-0.15, -0.1) is 0 Å². The number of carbonyl (C=O) groups excluding carboxylic acids is 1. The summed E-state index contributed by atoms with van der Waals surface area (Å²) in [6.45, 7) is 4.48. The number of hydrogen-bond acceptors (Lipinski definition) is 3. The van der Waals surface area contributed by atoms with Crippen molar-refractivity contribution in [2.75, 3.05) is 26.3 Å². The average molecular weight is 320 g/mol. The number of halogens is 1. The van der Waals surface area contributed by atoms with E-state index in [1.54, 1.807) is 0 Å². The number of ether oxygens (including phenoxy) is 1. The van der Waals surface area contributed by atoms with Gasteiger partial charge >= 0.3 is 0 Å². The molecule has 0 radical (unpaired) electrons. The van der Waals surface area contributed by atoms with Gasteiger partial charge in [-0.1, -0.05) is 23.7 Å². The van der Waals surface area contributed by atoms with Crippen LogP contribution >= 0.6 is 11.6 Å². The number of benzene rings is 1. The van der Waals surface area contributed by atoms with Crippen molar-refractivity contribution < 1.29 is 9.53 Å². The van der Waals surface area contributed by atoms with E-state index in [1.807, 2.05) is 36.1 Å². The van der Waals surface area contributed by atoms with Gasteiger partial charge in [-0.2, -0.15) is 5.10 Å². The number of amides is 1. The number of aromatic nitrogens is 2. The van der Waals surface area contributed by atoms with Crippen molar-refractivity contribution in [3.05, 3.63) is 40.5 Å². The zero-order valence-corrected chi connectivity index (χ0v) is 13.2. The van der Waals surface area contributed by atoms with Crippen molar-refractivity contribution >= 4 is 17.5 Å². The third kappa shape index (κ3) is 3.15. The van der Waals surface area contributed by atoms with Crippen LogP contribution in [0.15, 0.2) is 24.3 Å². The highest BCUT2D eigenvalue weighted by atomic mass is 35.5. The molecule has 22 heavy (non-hydrogen) atoms. The SMILES string of the molecule is Cc1[nH]nc(-c2ccc(Cl)cc2)c1CC(=O)N1CCOCC1. The predicted octanol–water partition coefficient (Wildman–Crippen LogP) is 2.44. The second-order valence-electron chi connectivity index (χ2n) is 5.35. The standard InChI is InChI=1S/C16H18ClN3O2/c1-11-14(10-15(21)20-6-8-22-9-7-20)16(19-18-11)12-2-4-13(17)5-3-12/h2-5H,6-10H2,1H3,(H,18,19). The van der Waals surface area contributed by atoms with Gasteiger partial charge in [0, 0.05) is 34.9 Å². The summed E-state index contributed by atoms with van der Waals surface area (Å²) < 4.78 is 5.29. The number of H-pyrrole nitrogens is 1. The number of carbonyl (C=O) groups is 1. The minimum atomic E-state index is 0.114. The van der Waals surface area contributed by atoms with E-state index in [0.717, 1.165) is 22.5 Å². The monoisotopic (exact) mass is 319 g/mol. The molecule has 0 bridgehead atoms. The van der Waals surface area contributed by atoms with Gasteiger partial charge in [-0.3, -0.25) is 9.89 Å². The molecule has 0 aliphatic carbocycles. The molecule has 0 spiro atoms. The Morgan fingerprint density at radius 2 is 2.00 bits per heavy atom. The molecule has 6 heteroatoms. The Bertz CT molecular complexity index is 661.